The highest BCUT2D eigenvalue weighted by atomic mass is 16.3. The number of aryl methyl sites for hydroxylation is 1. The summed E-state index contributed by atoms with van der Waals surface area (Å²) >= 11 is 0. The van der Waals surface area contributed by atoms with Gasteiger partial charge in [-0.05, 0) is 32.4 Å². The third kappa shape index (κ3) is 4.03. The predicted octanol–water partition coefficient (Wildman–Crippen LogP) is 0.815. The van der Waals surface area contributed by atoms with Gasteiger partial charge in [0.05, 0.1) is 6.10 Å². The lowest BCUT2D eigenvalue weighted by Crippen LogP contribution is -2.29. The molecule has 1 rings (SSSR count). The van der Waals surface area contributed by atoms with E-state index in [-0.39, 0.29) is 5.91 Å². The molecule has 3 N–H and O–H groups in total. The van der Waals surface area contributed by atoms with Gasteiger partial charge in [0.15, 0.2) is 0 Å². The van der Waals surface area contributed by atoms with Crippen molar-refractivity contribution in [2.45, 2.75) is 26.4 Å². The van der Waals surface area contributed by atoms with Crippen LogP contribution in [0.2, 0.25) is 0 Å². The van der Waals surface area contributed by atoms with Gasteiger partial charge >= 0.3 is 0 Å². The molecule has 1 atom stereocenters. The maximum atomic E-state index is 12.0. The van der Waals surface area contributed by atoms with E-state index in [1.54, 1.807) is 37.9 Å². The van der Waals surface area contributed by atoms with Gasteiger partial charge in [0.2, 0.25) is 0 Å². The number of amides is 1. The highest BCUT2D eigenvalue weighted by Gasteiger charge is 2.13. The molecule has 0 fully saturated rings. The molecule has 0 saturated carbocycles. The lowest BCUT2D eigenvalue weighted by Gasteiger charge is -2.18. The quantitative estimate of drug-likeness (QED) is 0.812. The number of aliphatic hydroxyl groups is 1. The van der Waals surface area contributed by atoms with E-state index >= 15 is 0 Å². The lowest BCUT2D eigenvalue weighted by atomic mass is 10.2. The van der Waals surface area contributed by atoms with E-state index in [0.29, 0.717) is 24.3 Å². The van der Waals surface area contributed by atoms with Gasteiger partial charge in [-0.15, -0.1) is 0 Å². The maximum Gasteiger partial charge on any atom is 0.253 e. The van der Waals surface area contributed by atoms with E-state index in [1.165, 1.54) is 0 Å². The van der Waals surface area contributed by atoms with Crippen molar-refractivity contribution in [3.63, 3.8) is 0 Å². The summed E-state index contributed by atoms with van der Waals surface area (Å²) in [6.45, 7) is 4.01. The molecule has 1 aromatic heterocycles. The van der Waals surface area contributed by atoms with Gasteiger partial charge < -0.3 is 15.7 Å². The Morgan fingerprint density at radius 3 is 2.76 bits per heavy atom. The molecular weight excluding hydrogens is 218 g/mol. The normalized spacial score (nSPS) is 12.2. The third-order valence-corrected chi connectivity index (χ3v) is 2.45. The van der Waals surface area contributed by atoms with E-state index in [4.69, 9.17) is 5.73 Å². The lowest BCUT2D eigenvalue weighted by molar-refractivity contribution is 0.0769. The number of nitrogens with two attached hydrogens (primary N) is 1. The zero-order chi connectivity index (χ0) is 13.0. The topological polar surface area (TPSA) is 79.5 Å². The summed E-state index contributed by atoms with van der Waals surface area (Å²) in [5.41, 5.74) is 6.85. The van der Waals surface area contributed by atoms with Crippen LogP contribution in [0.15, 0.2) is 12.1 Å². The first-order valence-corrected chi connectivity index (χ1v) is 5.58. The van der Waals surface area contributed by atoms with Crippen LogP contribution in [0.5, 0.6) is 0 Å². The minimum Gasteiger partial charge on any atom is -0.393 e. The summed E-state index contributed by atoms with van der Waals surface area (Å²) in [6, 6.07) is 3.27. The Bertz CT molecular complexity index is 384. The average Bonchev–Trinajstić information content (AvgIpc) is 2.23. The van der Waals surface area contributed by atoms with Crippen LogP contribution in [0.1, 0.15) is 29.4 Å². The molecule has 94 valence electrons. The molecule has 0 saturated heterocycles. The predicted molar refractivity (Wildman–Crippen MR) is 66.6 cm³/mol. The summed E-state index contributed by atoms with van der Waals surface area (Å²) in [5.74, 6) is 0.236. The number of anilines is 1. The molecule has 1 aromatic rings. The second-order valence-corrected chi connectivity index (χ2v) is 4.29. The number of hydrogen-bond acceptors (Lipinski definition) is 4. The molecule has 5 heteroatoms. The van der Waals surface area contributed by atoms with E-state index in [0.717, 1.165) is 5.69 Å². The van der Waals surface area contributed by atoms with Gasteiger partial charge in [0.25, 0.3) is 5.91 Å². The fraction of sp³-hybridized carbons (Fsp3) is 0.500. The van der Waals surface area contributed by atoms with E-state index < -0.39 is 6.10 Å². The first kappa shape index (κ1) is 13.4. The smallest absolute Gasteiger partial charge is 0.253 e. The Morgan fingerprint density at radius 1 is 1.59 bits per heavy atom. The maximum absolute atomic E-state index is 12.0. The number of nitrogens with zero attached hydrogens (tertiary/aromatic N) is 2. The second-order valence-electron chi connectivity index (χ2n) is 4.29. The van der Waals surface area contributed by atoms with Gasteiger partial charge in [-0.25, -0.2) is 4.98 Å². The van der Waals surface area contributed by atoms with Crippen LogP contribution in [0.3, 0.4) is 0 Å². The highest BCUT2D eigenvalue weighted by Crippen LogP contribution is 2.10. The monoisotopic (exact) mass is 237 g/mol. The van der Waals surface area contributed by atoms with Gasteiger partial charge in [-0.1, -0.05) is 0 Å². The Balaban J connectivity index is 2.74. The third-order valence-electron chi connectivity index (χ3n) is 2.45. The molecule has 1 unspecified atom stereocenters. The minimum atomic E-state index is -0.408. The van der Waals surface area contributed by atoms with Crippen molar-refractivity contribution in [3.05, 3.63) is 23.4 Å². The van der Waals surface area contributed by atoms with Crippen molar-refractivity contribution in [1.82, 2.24) is 9.88 Å². The average molecular weight is 237 g/mol. The molecule has 0 bridgehead atoms. The molecule has 0 aliphatic rings. The standard InChI is InChI=1S/C12H19N3O2/c1-8-6-10(7-11(13)14-8)12(17)15(3)5-4-9(2)16/h6-7,9,16H,4-5H2,1-3H3,(H2,13,14). The van der Waals surface area contributed by atoms with E-state index in [9.17, 15) is 9.90 Å². The number of aromatic nitrogens is 1. The number of hydrogen-bond donors (Lipinski definition) is 2. The molecule has 0 aliphatic carbocycles. The van der Waals surface area contributed by atoms with Crippen molar-refractivity contribution in [2.24, 2.45) is 0 Å². The summed E-state index contributed by atoms with van der Waals surface area (Å²) in [7, 11) is 1.71. The van der Waals surface area contributed by atoms with Crippen molar-refractivity contribution in [1.29, 1.82) is 0 Å². The first-order chi connectivity index (χ1) is 7.90. The second kappa shape index (κ2) is 5.63. The highest BCUT2D eigenvalue weighted by molar-refractivity contribution is 5.94. The molecule has 5 nitrogen and oxygen atoms in total. The Morgan fingerprint density at radius 2 is 2.24 bits per heavy atom. The summed E-state index contributed by atoms with van der Waals surface area (Å²) in [5, 5.41) is 9.17. The first-order valence-electron chi connectivity index (χ1n) is 5.58. The van der Waals surface area contributed by atoms with Crippen molar-refractivity contribution >= 4 is 11.7 Å². The van der Waals surface area contributed by atoms with Crippen LogP contribution >= 0.6 is 0 Å². The fourth-order valence-electron chi connectivity index (χ4n) is 1.52. The Hall–Kier alpha value is -1.62. The zero-order valence-electron chi connectivity index (χ0n) is 10.5. The molecule has 0 spiro atoms. The molecule has 0 radical (unpaired) electrons. The molecule has 0 aliphatic heterocycles. The molecule has 0 aromatic carbocycles. The number of pyridine rings is 1. The van der Waals surface area contributed by atoms with E-state index in [2.05, 4.69) is 4.98 Å². The largest absolute Gasteiger partial charge is 0.393 e. The van der Waals surface area contributed by atoms with E-state index in [1.807, 2.05) is 0 Å². The molecule has 17 heavy (non-hydrogen) atoms. The number of carbonyl (C=O) groups is 1. The van der Waals surface area contributed by atoms with Crippen molar-refractivity contribution in [2.75, 3.05) is 19.3 Å². The van der Waals surface area contributed by atoms with Crippen LogP contribution in [-0.2, 0) is 0 Å². The van der Waals surface area contributed by atoms with Crippen LogP contribution in [0.4, 0.5) is 5.82 Å². The van der Waals surface area contributed by atoms with Gasteiger partial charge in [-0.3, -0.25) is 4.79 Å². The Kier molecular flexibility index (Phi) is 4.45. The number of aliphatic hydroxyl groups excluding tert-OH is 1. The van der Waals surface area contributed by atoms with Crippen LogP contribution in [0, 0.1) is 6.92 Å². The van der Waals surface area contributed by atoms with Crippen LogP contribution < -0.4 is 5.73 Å². The summed E-state index contributed by atoms with van der Waals surface area (Å²) in [4.78, 5) is 17.6. The zero-order valence-corrected chi connectivity index (χ0v) is 10.5. The molecule has 1 heterocycles. The van der Waals surface area contributed by atoms with Crippen LogP contribution in [0.25, 0.3) is 0 Å². The summed E-state index contributed by atoms with van der Waals surface area (Å²) < 4.78 is 0. The number of rotatable bonds is 4. The molecule has 1 amide bonds. The van der Waals surface area contributed by atoms with Crippen molar-refractivity contribution in [3.8, 4) is 0 Å². The number of carbonyl (C=O) groups excluding carboxylic acids is 1. The van der Waals surface area contributed by atoms with Gasteiger partial charge in [0.1, 0.15) is 5.82 Å². The van der Waals surface area contributed by atoms with Crippen LogP contribution in [-0.4, -0.2) is 40.6 Å². The van der Waals surface area contributed by atoms with Gasteiger partial charge in [0, 0.05) is 24.8 Å². The fourth-order valence-corrected chi connectivity index (χ4v) is 1.52. The summed E-state index contributed by atoms with van der Waals surface area (Å²) in [6.07, 6.45) is 0.149. The van der Waals surface area contributed by atoms with Crippen molar-refractivity contribution < 1.29 is 9.90 Å². The van der Waals surface area contributed by atoms with Gasteiger partial charge in [-0.2, -0.15) is 0 Å². The number of nitrogen functional groups attached to an aromatic ring is 1. The Labute approximate surface area is 101 Å². The minimum absolute atomic E-state index is 0.108. The SMILES string of the molecule is Cc1cc(C(=O)N(C)CCC(C)O)cc(N)n1. The molecular formula is C12H19N3O2.